The molecule has 0 spiro atoms. The number of ether oxygens (including phenoxy) is 1. The number of pyridine rings is 1. The van der Waals surface area contributed by atoms with Crippen LogP contribution < -0.4 is 5.73 Å². The average molecular weight is 277 g/mol. The Hall–Kier alpha value is -1.46. The van der Waals surface area contributed by atoms with Gasteiger partial charge in [-0.05, 0) is 31.9 Å². The highest BCUT2D eigenvalue weighted by Gasteiger charge is 2.40. The molecular weight excluding hydrogens is 254 g/mol. The van der Waals surface area contributed by atoms with Crippen molar-refractivity contribution in [2.24, 2.45) is 11.1 Å². The van der Waals surface area contributed by atoms with E-state index in [1.54, 1.807) is 4.90 Å². The number of carbonyl (C=O) groups excluding carboxylic acids is 1. The first-order valence-electron chi connectivity index (χ1n) is 7.03. The molecule has 1 fully saturated rings. The fourth-order valence-corrected chi connectivity index (χ4v) is 2.67. The molecule has 0 atom stereocenters. The van der Waals surface area contributed by atoms with Gasteiger partial charge in [-0.1, -0.05) is 6.07 Å². The molecule has 1 saturated heterocycles. The quantitative estimate of drug-likeness (QED) is 0.895. The Labute approximate surface area is 120 Å². The van der Waals surface area contributed by atoms with E-state index < -0.39 is 5.41 Å². The molecule has 110 valence electrons. The van der Waals surface area contributed by atoms with Crippen LogP contribution in [-0.2, 0) is 16.1 Å². The molecule has 1 amide bonds. The molecule has 5 heteroatoms. The average Bonchev–Trinajstić information content (AvgIpc) is 2.47. The van der Waals surface area contributed by atoms with Gasteiger partial charge in [-0.25, -0.2) is 0 Å². The molecule has 1 aromatic heterocycles. The van der Waals surface area contributed by atoms with Crippen molar-refractivity contribution in [3.05, 3.63) is 29.6 Å². The molecule has 0 radical (unpaired) electrons. The first-order valence-corrected chi connectivity index (χ1v) is 7.03. The molecule has 20 heavy (non-hydrogen) atoms. The predicted octanol–water partition coefficient (Wildman–Crippen LogP) is 1.10. The molecule has 1 aliphatic rings. The summed E-state index contributed by atoms with van der Waals surface area (Å²) in [6.07, 6.45) is 1.40. The Balaban J connectivity index is 2.07. The third-order valence-corrected chi connectivity index (χ3v) is 3.99. The van der Waals surface area contributed by atoms with Crippen LogP contribution in [0.2, 0.25) is 0 Å². The van der Waals surface area contributed by atoms with Crippen LogP contribution in [0.15, 0.2) is 18.2 Å². The van der Waals surface area contributed by atoms with Crippen molar-refractivity contribution in [2.75, 3.05) is 26.8 Å². The number of carbonyl (C=O) groups is 1. The van der Waals surface area contributed by atoms with Gasteiger partial charge < -0.3 is 15.4 Å². The fraction of sp³-hybridized carbons (Fsp3) is 0.600. The first-order chi connectivity index (χ1) is 9.57. The van der Waals surface area contributed by atoms with Gasteiger partial charge in [-0.2, -0.15) is 0 Å². The zero-order valence-corrected chi connectivity index (χ0v) is 12.3. The molecule has 2 N–H and O–H groups in total. The van der Waals surface area contributed by atoms with E-state index in [0.29, 0.717) is 39.1 Å². The van der Waals surface area contributed by atoms with Gasteiger partial charge in [-0.3, -0.25) is 9.78 Å². The summed E-state index contributed by atoms with van der Waals surface area (Å²) in [6, 6.07) is 5.85. The third-order valence-electron chi connectivity index (χ3n) is 3.99. The maximum Gasteiger partial charge on any atom is 0.230 e. The highest BCUT2D eigenvalue weighted by Crippen LogP contribution is 2.31. The largest absolute Gasteiger partial charge is 0.381 e. The molecule has 2 heterocycles. The molecule has 0 bridgehead atoms. The lowest BCUT2D eigenvalue weighted by atomic mass is 9.79. The van der Waals surface area contributed by atoms with Gasteiger partial charge in [0.05, 0.1) is 17.7 Å². The lowest BCUT2D eigenvalue weighted by Gasteiger charge is -2.37. The molecule has 1 aromatic rings. The highest BCUT2D eigenvalue weighted by atomic mass is 16.5. The van der Waals surface area contributed by atoms with E-state index in [1.807, 2.05) is 32.2 Å². The zero-order chi connectivity index (χ0) is 14.6. The van der Waals surface area contributed by atoms with Crippen LogP contribution in [0.25, 0.3) is 0 Å². The Kier molecular flexibility index (Phi) is 4.73. The first kappa shape index (κ1) is 14.9. The summed E-state index contributed by atoms with van der Waals surface area (Å²) in [4.78, 5) is 18.9. The number of nitrogens with two attached hydrogens (primary N) is 1. The summed E-state index contributed by atoms with van der Waals surface area (Å²) in [6.45, 7) is 4.06. The molecule has 5 nitrogen and oxygen atoms in total. The number of aromatic nitrogens is 1. The Morgan fingerprint density at radius 3 is 2.75 bits per heavy atom. The van der Waals surface area contributed by atoms with Crippen molar-refractivity contribution in [2.45, 2.75) is 26.3 Å². The molecule has 0 aromatic carbocycles. The monoisotopic (exact) mass is 277 g/mol. The van der Waals surface area contributed by atoms with Crippen molar-refractivity contribution in [3.63, 3.8) is 0 Å². The number of aryl methyl sites for hydroxylation is 1. The lowest BCUT2D eigenvalue weighted by Crippen LogP contribution is -2.49. The van der Waals surface area contributed by atoms with Crippen molar-refractivity contribution in [1.29, 1.82) is 0 Å². The van der Waals surface area contributed by atoms with E-state index in [-0.39, 0.29) is 5.91 Å². The van der Waals surface area contributed by atoms with Crippen molar-refractivity contribution in [1.82, 2.24) is 9.88 Å². The Bertz CT molecular complexity index is 470. The summed E-state index contributed by atoms with van der Waals surface area (Å²) in [5, 5.41) is 0. The van der Waals surface area contributed by atoms with E-state index in [0.717, 1.165) is 11.4 Å². The second-order valence-corrected chi connectivity index (χ2v) is 5.53. The summed E-state index contributed by atoms with van der Waals surface area (Å²) in [7, 11) is 1.82. The van der Waals surface area contributed by atoms with E-state index in [1.165, 1.54) is 0 Å². The summed E-state index contributed by atoms with van der Waals surface area (Å²) in [5.74, 6) is 0.103. The minimum Gasteiger partial charge on any atom is -0.381 e. The minimum absolute atomic E-state index is 0.103. The number of nitrogens with zero attached hydrogens (tertiary/aromatic N) is 2. The molecule has 0 saturated carbocycles. The van der Waals surface area contributed by atoms with Crippen LogP contribution in [0.5, 0.6) is 0 Å². The summed E-state index contributed by atoms with van der Waals surface area (Å²) in [5.41, 5.74) is 7.28. The molecule has 0 aliphatic carbocycles. The predicted molar refractivity (Wildman–Crippen MR) is 77.0 cm³/mol. The molecule has 2 rings (SSSR count). The van der Waals surface area contributed by atoms with Crippen LogP contribution in [-0.4, -0.2) is 42.6 Å². The third kappa shape index (κ3) is 3.16. The number of hydrogen-bond acceptors (Lipinski definition) is 4. The zero-order valence-electron chi connectivity index (χ0n) is 12.3. The highest BCUT2D eigenvalue weighted by molar-refractivity contribution is 5.82. The SMILES string of the molecule is Cc1cccc(CN(C)C(=O)C2(CN)CCOCC2)n1. The normalized spacial score (nSPS) is 17.8. The van der Waals surface area contributed by atoms with E-state index in [4.69, 9.17) is 10.5 Å². The Morgan fingerprint density at radius 2 is 2.15 bits per heavy atom. The lowest BCUT2D eigenvalue weighted by molar-refractivity contribution is -0.146. The van der Waals surface area contributed by atoms with Crippen molar-refractivity contribution in [3.8, 4) is 0 Å². The fourth-order valence-electron chi connectivity index (χ4n) is 2.67. The Morgan fingerprint density at radius 1 is 1.45 bits per heavy atom. The summed E-state index contributed by atoms with van der Waals surface area (Å²) < 4.78 is 5.35. The number of rotatable bonds is 4. The van der Waals surface area contributed by atoms with E-state index in [2.05, 4.69) is 4.98 Å². The van der Waals surface area contributed by atoms with Crippen molar-refractivity contribution >= 4 is 5.91 Å². The topological polar surface area (TPSA) is 68.5 Å². The number of hydrogen-bond donors (Lipinski definition) is 1. The second-order valence-electron chi connectivity index (χ2n) is 5.53. The van der Waals surface area contributed by atoms with E-state index in [9.17, 15) is 4.79 Å². The van der Waals surface area contributed by atoms with E-state index >= 15 is 0 Å². The van der Waals surface area contributed by atoms with Crippen LogP contribution in [0.3, 0.4) is 0 Å². The van der Waals surface area contributed by atoms with Crippen LogP contribution in [0.1, 0.15) is 24.2 Å². The van der Waals surface area contributed by atoms with Crippen LogP contribution in [0.4, 0.5) is 0 Å². The summed E-state index contributed by atoms with van der Waals surface area (Å²) >= 11 is 0. The molecule has 0 unspecified atom stereocenters. The molecular formula is C15H23N3O2. The van der Waals surface area contributed by atoms with Gasteiger partial charge in [0, 0.05) is 32.5 Å². The smallest absolute Gasteiger partial charge is 0.230 e. The van der Waals surface area contributed by atoms with Gasteiger partial charge in [-0.15, -0.1) is 0 Å². The van der Waals surface area contributed by atoms with Gasteiger partial charge in [0.1, 0.15) is 0 Å². The van der Waals surface area contributed by atoms with Gasteiger partial charge in [0.2, 0.25) is 5.91 Å². The second kappa shape index (κ2) is 6.33. The standard InChI is InChI=1S/C15H23N3O2/c1-12-4-3-5-13(17-12)10-18(2)14(19)15(11-16)6-8-20-9-7-15/h3-5H,6-11,16H2,1-2H3. The van der Waals surface area contributed by atoms with Gasteiger partial charge in [0.15, 0.2) is 0 Å². The maximum absolute atomic E-state index is 12.7. The van der Waals surface area contributed by atoms with Gasteiger partial charge in [0.25, 0.3) is 0 Å². The number of amides is 1. The minimum atomic E-state index is -0.461. The maximum atomic E-state index is 12.7. The van der Waals surface area contributed by atoms with Crippen LogP contribution in [0, 0.1) is 12.3 Å². The van der Waals surface area contributed by atoms with Crippen LogP contribution >= 0.6 is 0 Å². The molecule has 1 aliphatic heterocycles. The van der Waals surface area contributed by atoms with Crippen molar-refractivity contribution < 1.29 is 9.53 Å². The van der Waals surface area contributed by atoms with Gasteiger partial charge >= 0.3 is 0 Å².